The zero-order valence-corrected chi connectivity index (χ0v) is 9.76. The maximum absolute atomic E-state index is 10.0. The van der Waals surface area contributed by atoms with Crippen LogP contribution in [0.3, 0.4) is 0 Å². The second-order valence-electron chi connectivity index (χ2n) is 1.41. The molecule has 94 valence electrons. The minimum absolute atomic E-state index is 0. The number of hydrogen-bond acceptors (Lipinski definition) is 5. The van der Waals surface area contributed by atoms with Crippen molar-refractivity contribution in [3.8, 4) is 0 Å². The molecule has 0 aromatic carbocycles. The summed E-state index contributed by atoms with van der Waals surface area (Å²) in [5, 5.41) is 0. The molecule has 0 aromatic heterocycles. The van der Waals surface area contributed by atoms with Crippen molar-refractivity contribution in [1.82, 2.24) is 0 Å². The van der Waals surface area contributed by atoms with Crippen LogP contribution in [0.5, 0.6) is 0 Å². The molecular weight excluding hydrogens is 382 g/mol. The topological polar surface area (TPSA) is 151 Å². The molecule has 15 heteroatoms. The third kappa shape index (κ3) is 25.4. The molecule has 0 saturated carbocycles. The van der Waals surface area contributed by atoms with Gasteiger partial charge >= 0.3 is 80.9 Å². The molecule has 0 aliphatic carbocycles. The summed E-state index contributed by atoms with van der Waals surface area (Å²) in [6, 6.07) is 0. The molecule has 0 atom stereocenters. The summed E-state index contributed by atoms with van der Waals surface area (Å²) in [5.74, 6) is 0. The van der Waals surface area contributed by atoms with Gasteiger partial charge in [0.15, 0.2) is 0 Å². The summed E-state index contributed by atoms with van der Waals surface area (Å²) in [7, 11) is -10.3. The molecule has 0 spiro atoms. The van der Waals surface area contributed by atoms with E-state index >= 15 is 0 Å². The predicted molar refractivity (Wildman–Crippen MR) is 46.0 cm³/mol. The Morgan fingerprint density at radius 1 is 0.812 bits per heavy atom. The number of phosphoric ester groups is 2. The van der Waals surface area contributed by atoms with Crippen molar-refractivity contribution in [2.45, 2.75) is 0 Å². The van der Waals surface area contributed by atoms with Crippen molar-refractivity contribution in [3.05, 3.63) is 0 Å². The van der Waals surface area contributed by atoms with Crippen LogP contribution in [0.15, 0.2) is 0 Å². The maximum atomic E-state index is 10.0. The Kier molecular flexibility index (Phi) is 24.5. The van der Waals surface area contributed by atoms with Crippen LogP contribution in [-0.2, 0) is 51.7 Å². The molecule has 16 heavy (non-hydrogen) atoms. The fourth-order valence-corrected chi connectivity index (χ4v) is 0.733. The van der Waals surface area contributed by atoms with Gasteiger partial charge in [0.05, 0.1) is 0 Å². The minimum atomic E-state index is -5.13. The van der Waals surface area contributed by atoms with Gasteiger partial charge in [0.2, 0.25) is 0 Å². The summed E-state index contributed by atoms with van der Waals surface area (Å²) < 4.78 is 25.9. The molecule has 9 nitrogen and oxygen atoms in total. The Labute approximate surface area is 155 Å². The molecule has 0 aliphatic heterocycles. The van der Waals surface area contributed by atoms with Gasteiger partial charge in [0.1, 0.15) is 0 Å². The average molecular weight is 388 g/mol. The number of carbonyl (C=O) groups is 1. The fourth-order valence-electron chi connectivity index (χ4n) is 0.211. The van der Waals surface area contributed by atoms with Crippen molar-refractivity contribution < 1.29 is 76.1 Å². The first-order valence-corrected chi connectivity index (χ1v) is 5.20. The molecule has 0 rings (SSSR count). The van der Waals surface area contributed by atoms with E-state index in [4.69, 9.17) is 19.6 Å². The molecule has 2 radical (unpaired) electrons. The first kappa shape index (κ1) is 31.1. The van der Waals surface area contributed by atoms with Crippen LogP contribution in [0.4, 0.5) is 4.79 Å². The molecule has 0 fully saturated rings. The van der Waals surface area contributed by atoms with Gasteiger partial charge in [-0.15, -0.1) is 0 Å². The van der Waals surface area contributed by atoms with Crippen LogP contribution >= 0.6 is 15.6 Å². The Balaban J connectivity index is -0.000000101. The van der Waals surface area contributed by atoms with E-state index in [-0.39, 0.29) is 92.7 Å². The van der Waals surface area contributed by atoms with E-state index < -0.39 is 21.8 Å². The molecule has 0 bridgehead atoms. The first-order chi connectivity index (χ1) is 5.10. The number of carbonyl (C=O) groups excluding carboxylic acids is 1. The van der Waals surface area contributed by atoms with E-state index in [0.717, 1.165) is 0 Å². The van der Waals surface area contributed by atoms with E-state index in [1.165, 1.54) is 0 Å². The van der Waals surface area contributed by atoms with Gasteiger partial charge in [0, 0.05) is 33.6 Å². The van der Waals surface area contributed by atoms with Gasteiger partial charge in [-0.05, 0) is 0 Å². The SMILES string of the molecule is O=C(OP(=O)(O)O)OP(=O)(O)O.[Co].[Co].[NaH].[NaH]. The summed E-state index contributed by atoms with van der Waals surface area (Å²) in [6.07, 6.45) is -2.14. The molecule has 0 aromatic rings. The first-order valence-electron chi connectivity index (χ1n) is 2.14. The van der Waals surface area contributed by atoms with E-state index in [1.807, 2.05) is 0 Å². The summed E-state index contributed by atoms with van der Waals surface area (Å²) in [4.78, 5) is 41.7. The average Bonchev–Trinajstić information content (AvgIpc) is 1.49. The molecule has 4 N–H and O–H groups in total. The Hall–Kier alpha value is 2.58. The van der Waals surface area contributed by atoms with Crippen molar-refractivity contribution >= 4 is 80.9 Å². The van der Waals surface area contributed by atoms with Crippen LogP contribution in [-0.4, -0.2) is 84.8 Å². The zero-order chi connectivity index (χ0) is 9.99. The fraction of sp³-hybridized carbons (Fsp3) is 0. The van der Waals surface area contributed by atoms with Crippen LogP contribution in [0, 0.1) is 0 Å². The summed E-state index contributed by atoms with van der Waals surface area (Å²) in [6.45, 7) is 0. The Morgan fingerprint density at radius 3 is 1.12 bits per heavy atom. The molecule has 0 unspecified atom stereocenters. The van der Waals surface area contributed by atoms with Crippen LogP contribution in [0.1, 0.15) is 0 Å². The second kappa shape index (κ2) is 12.6. The second-order valence-corrected chi connectivity index (χ2v) is 3.74. The van der Waals surface area contributed by atoms with Gasteiger partial charge in [-0.25, -0.2) is 13.9 Å². The third-order valence-corrected chi connectivity index (χ3v) is 1.16. The quantitative estimate of drug-likeness (QED) is 0.312. The van der Waals surface area contributed by atoms with Gasteiger partial charge < -0.3 is 9.05 Å². The van der Waals surface area contributed by atoms with Gasteiger partial charge in [0.25, 0.3) is 0 Å². The van der Waals surface area contributed by atoms with Crippen LogP contribution < -0.4 is 0 Å². The van der Waals surface area contributed by atoms with Crippen molar-refractivity contribution in [3.63, 3.8) is 0 Å². The van der Waals surface area contributed by atoms with Gasteiger partial charge in [-0.1, -0.05) is 0 Å². The molecule has 0 saturated heterocycles. The van der Waals surface area contributed by atoms with Crippen molar-refractivity contribution in [2.75, 3.05) is 0 Å². The monoisotopic (exact) mass is 388 g/mol. The van der Waals surface area contributed by atoms with E-state index in [2.05, 4.69) is 9.05 Å². The predicted octanol–water partition coefficient (Wildman–Crippen LogP) is -1.98. The van der Waals surface area contributed by atoms with Crippen LogP contribution in [0.25, 0.3) is 0 Å². The molecule has 0 aliphatic rings. The van der Waals surface area contributed by atoms with Crippen molar-refractivity contribution in [1.29, 1.82) is 0 Å². The number of rotatable bonds is 2. The number of phosphoric acid groups is 2. The van der Waals surface area contributed by atoms with E-state index in [1.54, 1.807) is 0 Å². The standard InChI is InChI=1S/CH4O9P2.2Co.2Na.2H/c2-1(9-11(3,4)5)10-12(6,7)8;;;;;;/h(H2,3,4,5)(H2,6,7,8);;;;;;. The molecule has 0 amide bonds. The molecule has 0 heterocycles. The van der Waals surface area contributed by atoms with E-state index in [9.17, 15) is 13.9 Å². The van der Waals surface area contributed by atoms with Gasteiger partial charge in [-0.3, -0.25) is 19.6 Å². The van der Waals surface area contributed by atoms with Crippen molar-refractivity contribution in [2.24, 2.45) is 0 Å². The zero-order valence-electron chi connectivity index (χ0n) is 5.89. The third-order valence-electron chi connectivity index (χ3n) is 0.387. The Morgan fingerprint density at radius 2 is 1.00 bits per heavy atom. The molecular formula is CH6Co2Na2O9P2. The van der Waals surface area contributed by atoms with E-state index in [0.29, 0.717) is 0 Å². The summed E-state index contributed by atoms with van der Waals surface area (Å²) in [5.41, 5.74) is 0. The normalized spacial score (nSPS) is 9.25. The van der Waals surface area contributed by atoms with Crippen LogP contribution in [0.2, 0.25) is 0 Å². The van der Waals surface area contributed by atoms with Gasteiger partial charge in [-0.2, -0.15) is 0 Å². The number of hydrogen-bond donors (Lipinski definition) is 4. The summed E-state index contributed by atoms with van der Waals surface area (Å²) >= 11 is 0. The Bertz CT molecular complexity index is 245.